The van der Waals surface area contributed by atoms with Gasteiger partial charge in [-0.15, -0.1) is 0 Å². The number of carbonyl (C=O) groups is 1. The Labute approximate surface area is 153 Å². The Morgan fingerprint density at radius 3 is 2.36 bits per heavy atom. The van der Waals surface area contributed by atoms with Gasteiger partial charge in [0.1, 0.15) is 6.10 Å². The van der Waals surface area contributed by atoms with E-state index in [9.17, 15) is 4.79 Å². The van der Waals surface area contributed by atoms with Crippen LogP contribution in [0.3, 0.4) is 0 Å². The summed E-state index contributed by atoms with van der Waals surface area (Å²) in [6.07, 6.45) is 0.364. The molecule has 0 unspecified atom stereocenters. The van der Waals surface area contributed by atoms with Crippen LogP contribution >= 0.6 is 0 Å². The van der Waals surface area contributed by atoms with E-state index >= 15 is 0 Å². The molecule has 0 aromatic heterocycles. The summed E-state index contributed by atoms with van der Waals surface area (Å²) in [6.45, 7) is 17.6. The van der Waals surface area contributed by atoms with Crippen LogP contribution < -0.4 is 0 Å². The van der Waals surface area contributed by atoms with Gasteiger partial charge in [-0.2, -0.15) is 0 Å². The predicted molar refractivity (Wildman–Crippen MR) is 101 cm³/mol. The zero-order chi connectivity index (χ0) is 19.5. The van der Waals surface area contributed by atoms with Gasteiger partial charge in [-0.3, -0.25) is 0 Å². The molecule has 0 bridgehead atoms. The molecule has 0 aromatic rings. The van der Waals surface area contributed by atoms with E-state index in [0.29, 0.717) is 6.61 Å². The van der Waals surface area contributed by atoms with Crippen LogP contribution in [-0.4, -0.2) is 46.0 Å². The second kappa shape index (κ2) is 8.21. The fourth-order valence-corrected chi connectivity index (χ4v) is 3.48. The Morgan fingerprint density at radius 2 is 1.84 bits per heavy atom. The first kappa shape index (κ1) is 22.2. The highest BCUT2D eigenvalue weighted by molar-refractivity contribution is 6.74. The molecule has 0 aromatic carbocycles. The number of hydrogen-bond acceptors (Lipinski definition) is 5. The smallest absolute Gasteiger partial charge is 0.384 e. The average Bonchev–Trinajstić information content (AvgIpc) is 2.46. The Morgan fingerprint density at radius 1 is 1.24 bits per heavy atom. The number of carbonyl (C=O) groups excluding carboxylic acids is 1. The second-order valence-corrected chi connectivity index (χ2v) is 13.4. The van der Waals surface area contributed by atoms with E-state index in [1.807, 2.05) is 20.8 Å². The number of ether oxygens (including phenoxy) is 3. The number of esters is 1. The van der Waals surface area contributed by atoms with Crippen molar-refractivity contribution in [2.24, 2.45) is 5.92 Å². The lowest BCUT2D eigenvalue weighted by Crippen LogP contribution is -2.50. The van der Waals surface area contributed by atoms with Gasteiger partial charge in [0.05, 0.1) is 13.2 Å². The molecule has 144 valence electrons. The molecule has 0 radical (unpaired) electrons. The monoisotopic (exact) mass is 370 g/mol. The fourth-order valence-electron chi connectivity index (χ4n) is 2.42. The molecule has 5 nitrogen and oxygen atoms in total. The van der Waals surface area contributed by atoms with Crippen LogP contribution in [0, 0.1) is 17.8 Å². The van der Waals surface area contributed by atoms with Crippen molar-refractivity contribution in [3.8, 4) is 11.8 Å². The summed E-state index contributed by atoms with van der Waals surface area (Å²) in [7, 11) is -0.459. The zero-order valence-corrected chi connectivity index (χ0v) is 18.2. The number of methoxy groups -OCH3 is 1. The lowest BCUT2D eigenvalue weighted by atomic mass is 9.93. The van der Waals surface area contributed by atoms with E-state index in [1.165, 1.54) is 7.11 Å². The van der Waals surface area contributed by atoms with Crippen LogP contribution in [0.5, 0.6) is 0 Å². The van der Waals surface area contributed by atoms with E-state index < -0.39 is 20.1 Å². The van der Waals surface area contributed by atoms with Crippen LogP contribution in [0.1, 0.15) is 48.0 Å². The molecule has 6 heteroatoms. The molecule has 3 atom stereocenters. The summed E-state index contributed by atoms with van der Waals surface area (Å²) >= 11 is 0. The van der Waals surface area contributed by atoms with Crippen LogP contribution in [0.2, 0.25) is 18.1 Å². The third kappa shape index (κ3) is 6.41. The van der Waals surface area contributed by atoms with Crippen LogP contribution in [0.25, 0.3) is 0 Å². The molecule has 0 N–H and O–H groups in total. The van der Waals surface area contributed by atoms with Gasteiger partial charge in [0, 0.05) is 18.4 Å². The third-order valence-electron chi connectivity index (χ3n) is 5.08. The largest absolute Gasteiger partial charge is 0.459 e. The van der Waals surface area contributed by atoms with E-state index in [4.69, 9.17) is 13.9 Å². The first-order valence-corrected chi connectivity index (χ1v) is 11.8. The lowest BCUT2D eigenvalue weighted by Gasteiger charge is -2.44. The normalized spacial score (nSPS) is 26.5. The third-order valence-corrected chi connectivity index (χ3v) is 9.62. The van der Waals surface area contributed by atoms with Crippen molar-refractivity contribution in [3.05, 3.63) is 0 Å². The summed E-state index contributed by atoms with van der Waals surface area (Å²) in [4.78, 5) is 11.3. The Hall–Kier alpha value is -0.873. The van der Waals surface area contributed by atoms with Gasteiger partial charge >= 0.3 is 5.97 Å². The minimum absolute atomic E-state index is 0.0354. The maximum absolute atomic E-state index is 11.3. The second-order valence-electron chi connectivity index (χ2n) is 8.61. The molecule has 1 aliphatic rings. The molecule has 1 heterocycles. The predicted octanol–water partition coefficient (Wildman–Crippen LogP) is 3.73. The van der Waals surface area contributed by atoms with Gasteiger partial charge in [0.2, 0.25) is 0 Å². The van der Waals surface area contributed by atoms with Crippen molar-refractivity contribution in [1.82, 2.24) is 0 Å². The maximum Gasteiger partial charge on any atom is 0.384 e. The van der Waals surface area contributed by atoms with Crippen molar-refractivity contribution in [2.45, 2.75) is 84.1 Å². The molecular formula is C19H34O5Si. The molecule has 1 rings (SSSR count). The van der Waals surface area contributed by atoms with E-state index in [0.717, 1.165) is 6.42 Å². The molecule has 0 amide bonds. The van der Waals surface area contributed by atoms with Crippen molar-refractivity contribution < 1.29 is 23.4 Å². The summed E-state index contributed by atoms with van der Waals surface area (Å²) in [5.74, 6) is 4.09. The lowest BCUT2D eigenvalue weighted by molar-refractivity contribution is -0.308. The highest BCUT2D eigenvalue weighted by Gasteiger charge is 2.41. The van der Waals surface area contributed by atoms with Gasteiger partial charge in [0.15, 0.2) is 14.1 Å². The fraction of sp³-hybridized carbons (Fsp3) is 0.842. The highest BCUT2D eigenvalue weighted by atomic mass is 28.4. The van der Waals surface area contributed by atoms with Gasteiger partial charge in [-0.05, 0) is 38.4 Å². The van der Waals surface area contributed by atoms with Crippen molar-refractivity contribution in [3.63, 3.8) is 0 Å². The number of rotatable bonds is 4. The molecular weight excluding hydrogens is 336 g/mol. The molecule has 0 spiro atoms. The van der Waals surface area contributed by atoms with Crippen molar-refractivity contribution in [2.75, 3.05) is 13.7 Å². The average molecular weight is 371 g/mol. The molecule has 0 aliphatic carbocycles. The summed E-state index contributed by atoms with van der Waals surface area (Å²) < 4.78 is 22.8. The van der Waals surface area contributed by atoms with Crippen molar-refractivity contribution >= 4 is 14.3 Å². The van der Waals surface area contributed by atoms with Gasteiger partial charge in [-0.1, -0.05) is 33.6 Å². The standard InChI is InChI=1S/C19H34O5Si/c1-14-15(10-11-17(20)21-7)23-19(5,6)24-16(14)12-13-22-25(8,9)18(2,3)4/h14-16H,12-13H2,1-9H3/t14-,15+,16+/m1/s1. The van der Waals surface area contributed by atoms with Gasteiger partial charge in [0.25, 0.3) is 0 Å². The quantitative estimate of drug-likeness (QED) is 0.327. The first-order chi connectivity index (χ1) is 11.3. The Kier molecular flexibility index (Phi) is 7.28. The zero-order valence-electron chi connectivity index (χ0n) is 17.2. The minimum atomic E-state index is -1.78. The Balaban J connectivity index is 2.74. The summed E-state index contributed by atoms with van der Waals surface area (Å²) in [5, 5.41) is 0.183. The maximum atomic E-state index is 11.3. The molecule has 0 saturated carbocycles. The van der Waals surface area contributed by atoms with E-state index in [-0.39, 0.29) is 23.2 Å². The van der Waals surface area contributed by atoms with Gasteiger partial charge < -0.3 is 18.6 Å². The van der Waals surface area contributed by atoms with Crippen LogP contribution in [0.4, 0.5) is 0 Å². The molecule has 1 aliphatic heterocycles. The molecule has 25 heavy (non-hydrogen) atoms. The van der Waals surface area contributed by atoms with Crippen LogP contribution in [0.15, 0.2) is 0 Å². The highest BCUT2D eigenvalue weighted by Crippen LogP contribution is 2.37. The van der Waals surface area contributed by atoms with E-state index in [1.54, 1.807) is 0 Å². The first-order valence-electron chi connectivity index (χ1n) is 8.88. The SMILES string of the molecule is COC(=O)C#C[C@@H]1OC(C)(C)O[C@@H](CCO[Si](C)(C)C(C)(C)C)[C@@H]1C. The summed E-state index contributed by atoms with van der Waals surface area (Å²) in [5.41, 5.74) is 0. The number of hydrogen-bond donors (Lipinski definition) is 0. The minimum Gasteiger partial charge on any atom is -0.459 e. The Bertz CT molecular complexity index is 524. The van der Waals surface area contributed by atoms with Crippen LogP contribution in [-0.2, 0) is 23.4 Å². The molecule has 1 saturated heterocycles. The van der Waals surface area contributed by atoms with Gasteiger partial charge in [-0.25, -0.2) is 4.79 Å². The topological polar surface area (TPSA) is 54.0 Å². The van der Waals surface area contributed by atoms with Crippen molar-refractivity contribution in [1.29, 1.82) is 0 Å². The molecule has 1 fully saturated rings. The summed E-state index contributed by atoms with van der Waals surface area (Å²) in [6, 6.07) is 0. The van der Waals surface area contributed by atoms with E-state index in [2.05, 4.69) is 50.4 Å².